The zero-order valence-corrected chi connectivity index (χ0v) is 10.4. The van der Waals surface area contributed by atoms with Crippen molar-refractivity contribution in [3.05, 3.63) is 34.1 Å². The van der Waals surface area contributed by atoms with Crippen LogP contribution in [0.25, 0.3) is 0 Å². The first-order chi connectivity index (χ1) is 7.13. The molecule has 3 heteroatoms. The number of hydrogen-bond donors (Lipinski definition) is 0. The molecular weight excluding hydrogens is 257 g/mol. The average molecular weight is 272 g/mol. The summed E-state index contributed by atoms with van der Waals surface area (Å²) in [6, 6.07) is 5.07. The van der Waals surface area contributed by atoms with Gasteiger partial charge in [-0.15, -0.1) is 0 Å². The molecule has 0 unspecified atom stereocenters. The first kappa shape index (κ1) is 11.1. The van der Waals surface area contributed by atoms with Crippen LogP contribution in [0.3, 0.4) is 0 Å². The summed E-state index contributed by atoms with van der Waals surface area (Å²) >= 11 is 3.31. The normalized spacial score (nSPS) is 16.0. The fraction of sp³-hybridized carbons (Fsp3) is 0.500. The van der Waals surface area contributed by atoms with Gasteiger partial charge in [0.2, 0.25) is 0 Å². The van der Waals surface area contributed by atoms with Crippen molar-refractivity contribution in [2.45, 2.75) is 19.4 Å². The van der Waals surface area contributed by atoms with Crippen LogP contribution in [-0.4, -0.2) is 18.5 Å². The summed E-state index contributed by atoms with van der Waals surface area (Å²) in [4.78, 5) is 2.26. The van der Waals surface area contributed by atoms with E-state index in [4.69, 9.17) is 0 Å². The largest absolute Gasteiger partial charge is 0.302 e. The van der Waals surface area contributed by atoms with Gasteiger partial charge in [-0.25, -0.2) is 4.39 Å². The van der Waals surface area contributed by atoms with Gasteiger partial charge in [-0.1, -0.05) is 15.9 Å². The molecule has 1 saturated carbocycles. The Balaban J connectivity index is 1.96. The van der Waals surface area contributed by atoms with Crippen LogP contribution in [0.1, 0.15) is 18.4 Å². The van der Waals surface area contributed by atoms with Gasteiger partial charge in [-0.3, -0.25) is 0 Å². The molecular formula is C12H15BrFN. The lowest BCUT2D eigenvalue weighted by atomic mass is 10.2. The summed E-state index contributed by atoms with van der Waals surface area (Å²) in [7, 11) is 2.09. The molecule has 0 aromatic heterocycles. The molecule has 0 atom stereocenters. The first-order valence-electron chi connectivity index (χ1n) is 5.27. The highest BCUT2D eigenvalue weighted by Gasteiger charge is 2.22. The van der Waals surface area contributed by atoms with E-state index >= 15 is 0 Å². The van der Waals surface area contributed by atoms with Gasteiger partial charge in [-0.05, 0) is 49.6 Å². The molecule has 1 aliphatic rings. The predicted octanol–water partition coefficient (Wildman–Crippen LogP) is 3.43. The van der Waals surface area contributed by atoms with E-state index in [1.54, 1.807) is 6.07 Å². The van der Waals surface area contributed by atoms with E-state index in [2.05, 4.69) is 27.9 Å². The number of nitrogens with zero attached hydrogens (tertiary/aromatic N) is 1. The summed E-state index contributed by atoms with van der Waals surface area (Å²) in [5.74, 6) is 0.714. The van der Waals surface area contributed by atoms with Gasteiger partial charge in [-0.2, -0.15) is 0 Å². The highest BCUT2D eigenvalue weighted by atomic mass is 79.9. The van der Waals surface area contributed by atoms with Crippen LogP contribution in [0.4, 0.5) is 4.39 Å². The summed E-state index contributed by atoms with van der Waals surface area (Å²) in [6.45, 7) is 1.96. The molecule has 0 radical (unpaired) electrons. The van der Waals surface area contributed by atoms with Crippen LogP contribution in [0.15, 0.2) is 22.7 Å². The van der Waals surface area contributed by atoms with E-state index in [1.165, 1.54) is 18.9 Å². The van der Waals surface area contributed by atoms with Crippen molar-refractivity contribution in [1.82, 2.24) is 4.90 Å². The molecule has 2 rings (SSSR count). The smallest absolute Gasteiger partial charge is 0.124 e. The maximum absolute atomic E-state index is 13.1. The van der Waals surface area contributed by atoms with E-state index in [9.17, 15) is 4.39 Å². The maximum Gasteiger partial charge on any atom is 0.124 e. The van der Waals surface area contributed by atoms with Crippen molar-refractivity contribution in [2.24, 2.45) is 5.92 Å². The lowest BCUT2D eigenvalue weighted by molar-refractivity contribution is 0.312. The number of halogens is 2. The van der Waals surface area contributed by atoms with Gasteiger partial charge >= 0.3 is 0 Å². The zero-order valence-electron chi connectivity index (χ0n) is 8.84. The van der Waals surface area contributed by atoms with Crippen molar-refractivity contribution in [3.8, 4) is 0 Å². The molecule has 0 heterocycles. The van der Waals surface area contributed by atoms with Gasteiger partial charge < -0.3 is 4.90 Å². The molecule has 82 valence electrons. The van der Waals surface area contributed by atoms with Crippen LogP contribution in [-0.2, 0) is 6.54 Å². The van der Waals surface area contributed by atoms with Gasteiger partial charge in [0.1, 0.15) is 5.82 Å². The van der Waals surface area contributed by atoms with E-state index < -0.39 is 0 Å². The Morgan fingerprint density at radius 3 is 2.73 bits per heavy atom. The first-order valence-corrected chi connectivity index (χ1v) is 6.06. The Bertz CT molecular complexity index is 329. The molecule has 0 spiro atoms. The highest BCUT2D eigenvalue weighted by molar-refractivity contribution is 9.10. The maximum atomic E-state index is 13.1. The molecule has 1 aliphatic carbocycles. The lowest BCUT2D eigenvalue weighted by Crippen LogP contribution is -2.20. The minimum Gasteiger partial charge on any atom is -0.302 e. The topological polar surface area (TPSA) is 3.24 Å². The van der Waals surface area contributed by atoms with Gasteiger partial charge in [0.15, 0.2) is 0 Å². The Hall–Kier alpha value is -0.410. The Labute approximate surface area is 98.4 Å². The van der Waals surface area contributed by atoms with Crippen molar-refractivity contribution in [3.63, 3.8) is 0 Å². The number of rotatable bonds is 4. The second-order valence-corrected chi connectivity index (χ2v) is 5.33. The lowest BCUT2D eigenvalue weighted by Gasteiger charge is -2.16. The molecule has 0 saturated heterocycles. The van der Waals surface area contributed by atoms with Crippen molar-refractivity contribution >= 4 is 15.9 Å². The molecule has 1 nitrogen and oxygen atoms in total. The third-order valence-corrected chi connectivity index (χ3v) is 3.10. The monoisotopic (exact) mass is 271 g/mol. The predicted molar refractivity (Wildman–Crippen MR) is 63.2 cm³/mol. The van der Waals surface area contributed by atoms with Crippen LogP contribution in [0.2, 0.25) is 0 Å². The Morgan fingerprint density at radius 2 is 2.13 bits per heavy atom. The van der Waals surface area contributed by atoms with E-state index in [0.29, 0.717) is 0 Å². The third-order valence-electron chi connectivity index (χ3n) is 2.64. The molecule has 0 N–H and O–H groups in total. The molecule has 15 heavy (non-hydrogen) atoms. The molecule has 1 fully saturated rings. The standard InChI is InChI=1S/C12H15BrFN/c1-15(7-9-2-3-9)8-10-4-11(13)6-12(14)5-10/h4-6,9H,2-3,7-8H2,1H3. The Morgan fingerprint density at radius 1 is 1.40 bits per heavy atom. The zero-order chi connectivity index (χ0) is 10.8. The Kier molecular flexibility index (Phi) is 3.42. The minimum absolute atomic E-state index is 0.167. The van der Waals surface area contributed by atoms with Crippen LogP contribution in [0.5, 0.6) is 0 Å². The van der Waals surface area contributed by atoms with Gasteiger partial charge in [0.25, 0.3) is 0 Å². The molecule has 0 amide bonds. The van der Waals surface area contributed by atoms with Gasteiger partial charge in [0.05, 0.1) is 0 Å². The molecule has 1 aromatic carbocycles. The van der Waals surface area contributed by atoms with Crippen LogP contribution < -0.4 is 0 Å². The quantitative estimate of drug-likeness (QED) is 0.811. The summed E-state index contributed by atoms with van der Waals surface area (Å²) in [5, 5.41) is 0. The number of hydrogen-bond acceptors (Lipinski definition) is 1. The fourth-order valence-electron chi connectivity index (χ4n) is 1.82. The molecule has 0 aliphatic heterocycles. The number of benzene rings is 1. The van der Waals surface area contributed by atoms with Crippen molar-refractivity contribution < 1.29 is 4.39 Å². The van der Waals surface area contributed by atoms with E-state index in [0.717, 1.165) is 29.0 Å². The second kappa shape index (κ2) is 4.62. The summed E-state index contributed by atoms with van der Waals surface area (Å²) in [6.07, 6.45) is 2.72. The van der Waals surface area contributed by atoms with Crippen LogP contribution >= 0.6 is 15.9 Å². The van der Waals surface area contributed by atoms with Crippen molar-refractivity contribution in [2.75, 3.05) is 13.6 Å². The minimum atomic E-state index is -0.167. The van der Waals surface area contributed by atoms with Crippen LogP contribution in [0, 0.1) is 11.7 Å². The third kappa shape index (κ3) is 3.58. The SMILES string of the molecule is CN(Cc1cc(F)cc(Br)c1)CC1CC1. The molecule has 1 aromatic rings. The van der Waals surface area contributed by atoms with Gasteiger partial charge in [0, 0.05) is 17.6 Å². The fourth-order valence-corrected chi connectivity index (χ4v) is 2.33. The highest BCUT2D eigenvalue weighted by Crippen LogP contribution is 2.29. The summed E-state index contributed by atoms with van der Waals surface area (Å²) in [5.41, 5.74) is 1.03. The van der Waals surface area contributed by atoms with Crippen molar-refractivity contribution in [1.29, 1.82) is 0 Å². The summed E-state index contributed by atoms with van der Waals surface area (Å²) < 4.78 is 13.9. The average Bonchev–Trinajstić information content (AvgIpc) is 2.85. The second-order valence-electron chi connectivity index (χ2n) is 4.42. The van der Waals surface area contributed by atoms with E-state index in [1.807, 2.05) is 6.07 Å². The molecule has 0 bridgehead atoms. The van der Waals surface area contributed by atoms with E-state index in [-0.39, 0.29) is 5.82 Å².